The second-order valence-electron chi connectivity index (χ2n) is 9.05. The van der Waals surface area contributed by atoms with Crippen LogP contribution in [0.2, 0.25) is 5.02 Å². The van der Waals surface area contributed by atoms with E-state index >= 15 is 0 Å². The van der Waals surface area contributed by atoms with Crippen molar-refractivity contribution in [1.29, 1.82) is 0 Å². The van der Waals surface area contributed by atoms with Gasteiger partial charge in [0.2, 0.25) is 0 Å². The molecule has 1 N–H and O–H groups in total. The van der Waals surface area contributed by atoms with Crippen molar-refractivity contribution in [3.63, 3.8) is 0 Å². The zero-order valence-corrected chi connectivity index (χ0v) is 23.6. The van der Waals surface area contributed by atoms with Crippen LogP contribution in [0, 0.1) is 0 Å². The Morgan fingerprint density at radius 1 is 1.08 bits per heavy atom. The number of carbonyl (C=O) groups is 2. The maximum absolute atomic E-state index is 13.7. The fraction of sp³-hybridized carbons (Fsp3) is 0.172. The van der Waals surface area contributed by atoms with E-state index in [1.807, 2.05) is 25.1 Å². The van der Waals surface area contributed by atoms with Gasteiger partial charge in [-0.3, -0.25) is 9.10 Å². The quantitative estimate of drug-likeness (QED) is 0.247. The second-order valence-corrected chi connectivity index (χ2v) is 12.2. The van der Waals surface area contributed by atoms with Crippen LogP contribution < -0.4 is 9.62 Å². The molecule has 1 amide bonds. The first kappa shape index (κ1) is 26.9. The van der Waals surface area contributed by atoms with Crippen molar-refractivity contribution >= 4 is 55.5 Å². The number of sulfonamides is 1. The smallest absolute Gasteiger partial charge is 0.341 e. The molecule has 4 aromatic rings. The van der Waals surface area contributed by atoms with Gasteiger partial charge in [-0.25, -0.2) is 13.2 Å². The number of rotatable bonds is 7. The Hall–Kier alpha value is -3.66. The Bertz CT molecular complexity index is 1670. The van der Waals surface area contributed by atoms with E-state index in [-0.39, 0.29) is 28.7 Å². The van der Waals surface area contributed by atoms with Gasteiger partial charge in [0, 0.05) is 27.6 Å². The van der Waals surface area contributed by atoms with Gasteiger partial charge in [0.25, 0.3) is 15.9 Å². The van der Waals surface area contributed by atoms with Gasteiger partial charge in [-0.1, -0.05) is 48.0 Å². The molecule has 1 aromatic heterocycles. The molecule has 5 rings (SSSR count). The van der Waals surface area contributed by atoms with Crippen LogP contribution >= 0.6 is 22.9 Å². The first-order valence-electron chi connectivity index (χ1n) is 12.3. The summed E-state index contributed by atoms with van der Waals surface area (Å²) in [4.78, 5) is 26.2. The maximum atomic E-state index is 13.7. The highest BCUT2D eigenvalue weighted by Gasteiger charge is 2.36. The number of esters is 1. The molecule has 0 saturated heterocycles. The van der Waals surface area contributed by atoms with Crippen LogP contribution in [0.15, 0.2) is 83.1 Å². The average Bonchev–Trinajstić information content (AvgIpc) is 3.49. The van der Waals surface area contributed by atoms with Gasteiger partial charge in [0.1, 0.15) is 10.6 Å². The Morgan fingerprint density at radius 3 is 2.56 bits per heavy atom. The monoisotopic (exact) mass is 580 g/mol. The zero-order valence-electron chi connectivity index (χ0n) is 21.2. The number of hydrogen-bond acceptors (Lipinski definition) is 6. The number of amides is 1. The first-order chi connectivity index (χ1) is 18.7. The average molecular weight is 581 g/mol. The number of ether oxygens (including phenoxy) is 1. The van der Waals surface area contributed by atoms with Crippen molar-refractivity contribution in [2.75, 3.05) is 16.2 Å². The van der Waals surface area contributed by atoms with Crippen LogP contribution in [0.4, 0.5) is 10.7 Å². The van der Waals surface area contributed by atoms with Crippen LogP contribution in [-0.2, 0) is 21.2 Å². The van der Waals surface area contributed by atoms with Crippen LogP contribution in [0.25, 0.3) is 11.1 Å². The van der Waals surface area contributed by atoms with Gasteiger partial charge in [0.15, 0.2) is 0 Å². The Morgan fingerprint density at radius 2 is 1.82 bits per heavy atom. The Labute approximate surface area is 236 Å². The number of thiophene rings is 1. The van der Waals surface area contributed by atoms with Crippen LogP contribution in [0.5, 0.6) is 0 Å². The van der Waals surface area contributed by atoms with E-state index in [0.29, 0.717) is 27.7 Å². The summed E-state index contributed by atoms with van der Waals surface area (Å²) >= 11 is 7.20. The summed E-state index contributed by atoms with van der Waals surface area (Å²) in [6, 6.07) is 20.1. The summed E-state index contributed by atoms with van der Waals surface area (Å²) < 4.78 is 34.0. The highest BCUT2D eigenvalue weighted by molar-refractivity contribution is 7.92. The van der Waals surface area contributed by atoms with Gasteiger partial charge in [0.05, 0.1) is 17.2 Å². The fourth-order valence-electron chi connectivity index (χ4n) is 4.69. The largest absolute Gasteiger partial charge is 0.462 e. The lowest BCUT2D eigenvalue weighted by Gasteiger charge is -2.24. The molecule has 0 fully saturated rings. The lowest BCUT2D eigenvalue weighted by molar-refractivity contribution is 0.0529. The standard InChI is InChI=1S/C29H25ClN2O5S2/c1-3-37-29(34)26-24(19-11-13-22(30)14-12-19)17-38-28(26)31-27(33)21-8-6-9-23(16-21)39(35,36)32-18(2)15-20-7-4-5-10-25(20)32/h4-14,16-18H,3,15H2,1-2H3,(H,31,33). The third-order valence-corrected chi connectivity index (χ3v) is 9.52. The topological polar surface area (TPSA) is 92.8 Å². The number of halogens is 1. The van der Waals surface area contributed by atoms with Gasteiger partial charge >= 0.3 is 5.97 Å². The van der Waals surface area contributed by atoms with E-state index < -0.39 is 21.9 Å². The normalized spacial score (nSPS) is 14.6. The summed E-state index contributed by atoms with van der Waals surface area (Å²) in [5, 5.41) is 5.41. The molecule has 1 atom stereocenters. The number of hydrogen-bond donors (Lipinski definition) is 1. The summed E-state index contributed by atoms with van der Waals surface area (Å²) in [7, 11) is -3.92. The molecule has 0 aliphatic carbocycles. The number of nitrogens with zero attached hydrogens (tertiary/aromatic N) is 1. The van der Waals surface area contributed by atoms with E-state index in [9.17, 15) is 18.0 Å². The van der Waals surface area contributed by atoms with E-state index in [1.165, 1.54) is 39.9 Å². The van der Waals surface area contributed by atoms with E-state index in [1.54, 1.807) is 42.6 Å². The lowest BCUT2D eigenvalue weighted by atomic mass is 10.0. The molecule has 39 heavy (non-hydrogen) atoms. The van der Waals surface area contributed by atoms with Crippen LogP contribution in [0.1, 0.15) is 40.1 Å². The molecular weight excluding hydrogens is 556 g/mol. The minimum absolute atomic E-state index is 0.0114. The zero-order chi connectivity index (χ0) is 27.7. The summed E-state index contributed by atoms with van der Waals surface area (Å²) in [5.41, 5.74) is 3.32. The maximum Gasteiger partial charge on any atom is 0.341 e. The second kappa shape index (κ2) is 10.8. The first-order valence-corrected chi connectivity index (χ1v) is 15.0. The molecule has 1 aliphatic rings. The molecule has 0 spiro atoms. The highest BCUT2D eigenvalue weighted by atomic mass is 35.5. The molecule has 200 valence electrons. The van der Waals surface area contributed by atoms with E-state index in [4.69, 9.17) is 16.3 Å². The summed E-state index contributed by atoms with van der Waals surface area (Å²) in [5.74, 6) is -1.12. The molecule has 3 aromatic carbocycles. The SMILES string of the molecule is CCOC(=O)c1c(-c2ccc(Cl)cc2)csc1NC(=O)c1cccc(S(=O)(=O)N2c3ccccc3CC2C)c1. The molecule has 1 unspecified atom stereocenters. The molecule has 0 saturated carbocycles. The van der Waals surface area contributed by atoms with E-state index in [2.05, 4.69) is 5.32 Å². The van der Waals surface area contributed by atoms with Crippen molar-refractivity contribution in [3.05, 3.63) is 99.9 Å². The predicted molar refractivity (Wildman–Crippen MR) is 154 cm³/mol. The predicted octanol–water partition coefficient (Wildman–Crippen LogP) is 6.64. The Balaban J connectivity index is 1.46. The third-order valence-electron chi connectivity index (χ3n) is 6.45. The number of para-hydroxylation sites is 1. The molecule has 1 aliphatic heterocycles. The molecule has 0 radical (unpaired) electrons. The summed E-state index contributed by atoms with van der Waals surface area (Å²) in [6.45, 7) is 3.73. The number of benzene rings is 3. The number of anilines is 2. The van der Waals surface area contributed by atoms with Crippen molar-refractivity contribution in [3.8, 4) is 11.1 Å². The molecular formula is C29H25ClN2O5S2. The molecule has 2 heterocycles. The van der Waals surface area contributed by atoms with Crippen molar-refractivity contribution in [1.82, 2.24) is 0 Å². The molecule has 10 heteroatoms. The number of carbonyl (C=O) groups excluding carboxylic acids is 2. The number of nitrogens with one attached hydrogen (secondary N) is 1. The van der Waals surface area contributed by atoms with Crippen molar-refractivity contribution in [2.45, 2.75) is 31.2 Å². The van der Waals surface area contributed by atoms with Gasteiger partial charge in [-0.2, -0.15) is 0 Å². The molecule has 7 nitrogen and oxygen atoms in total. The summed E-state index contributed by atoms with van der Waals surface area (Å²) in [6.07, 6.45) is 0.612. The van der Waals surface area contributed by atoms with Crippen LogP contribution in [0.3, 0.4) is 0 Å². The Kier molecular flexibility index (Phi) is 7.48. The van der Waals surface area contributed by atoms with Gasteiger partial charge < -0.3 is 10.1 Å². The minimum atomic E-state index is -3.92. The van der Waals surface area contributed by atoms with Crippen molar-refractivity contribution in [2.24, 2.45) is 0 Å². The third kappa shape index (κ3) is 5.17. The fourth-order valence-corrected chi connectivity index (χ4v) is 7.51. The molecule has 0 bridgehead atoms. The number of fused-ring (bicyclic) bond motifs is 1. The van der Waals surface area contributed by atoms with Gasteiger partial charge in [-0.05, 0) is 67.8 Å². The minimum Gasteiger partial charge on any atom is -0.462 e. The van der Waals surface area contributed by atoms with Gasteiger partial charge in [-0.15, -0.1) is 11.3 Å². The van der Waals surface area contributed by atoms with Crippen molar-refractivity contribution < 1.29 is 22.7 Å². The lowest BCUT2D eigenvalue weighted by Crippen LogP contribution is -2.35. The van der Waals surface area contributed by atoms with Crippen LogP contribution in [-0.4, -0.2) is 32.9 Å². The van der Waals surface area contributed by atoms with E-state index in [0.717, 1.165) is 11.1 Å². The highest BCUT2D eigenvalue weighted by Crippen LogP contribution is 2.38.